The predicted octanol–water partition coefficient (Wildman–Crippen LogP) is 1.78. The summed E-state index contributed by atoms with van der Waals surface area (Å²) < 4.78 is 7.37. The first kappa shape index (κ1) is 22.1. The fraction of sp³-hybridized carbons (Fsp3) is 0.273. The first-order valence-electron chi connectivity index (χ1n) is 10.4. The topological polar surface area (TPSA) is 147 Å². The average molecular weight is 452 g/mol. The average Bonchev–Trinajstić information content (AvgIpc) is 3.52. The van der Waals surface area contributed by atoms with Gasteiger partial charge in [0.15, 0.2) is 0 Å². The zero-order chi connectivity index (χ0) is 23.4. The molecule has 1 aromatic carbocycles. The second-order valence-electron chi connectivity index (χ2n) is 7.56. The SMILES string of the molecule is CNC(=O)n1ccc2cc(Oc3ccnc(NC(=O)NC(CO)C(=O)NC4CC4)c3)ccc21. The van der Waals surface area contributed by atoms with Crippen LogP contribution in [0, 0.1) is 0 Å². The molecule has 1 unspecified atom stereocenters. The lowest BCUT2D eigenvalue weighted by Crippen LogP contribution is -2.50. The molecule has 11 heteroatoms. The van der Waals surface area contributed by atoms with Crippen molar-refractivity contribution in [2.45, 2.75) is 24.9 Å². The Morgan fingerprint density at radius 2 is 1.97 bits per heavy atom. The first-order valence-corrected chi connectivity index (χ1v) is 10.4. The number of aliphatic hydroxyl groups is 1. The van der Waals surface area contributed by atoms with Crippen molar-refractivity contribution in [2.24, 2.45) is 0 Å². The molecule has 5 N–H and O–H groups in total. The van der Waals surface area contributed by atoms with Gasteiger partial charge in [0.25, 0.3) is 0 Å². The van der Waals surface area contributed by atoms with E-state index >= 15 is 0 Å². The minimum Gasteiger partial charge on any atom is -0.457 e. The smallest absolute Gasteiger partial charge is 0.325 e. The molecule has 4 amide bonds. The number of hydrogen-bond donors (Lipinski definition) is 5. The van der Waals surface area contributed by atoms with Gasteiger partial charge in [-0.15, -0.1) is 0 Å². The fourth-order valence-corrected chi connectivity index (χ4v) is 3.19. The summed E-state index contributed by atoms with van der Waals surface area (Å²) in [4.78, 5) is 40.3. The minimum atomic E-state index is -1.06. The van der Waals surface area contributed by atoms with E-state index in [4.69, 9.17) is 4.74 Å². The van der Waals surface area contributed by atoms with Crippen molar-refractivity contribution in [2.75, 3.05) is 19.0 Å². The Balaban J connectivity index is 1.39. The molecule has 0 aliphatic heterocycles. The van der Waals surface area contributed by atoms with Crippen LogP contribution in [-0.2, 0) is 4.79 Å². The third kappa shape index (κ3) is 5.39. The number of rotatable bonds is 7. The van der Waals surface area contributed by atoms with E-state index in [2.05, 4.69) is 26.3 Å². The van der Waals surface area contributed by atoms with E-state index in [0.717, 1.165) is 23.7 Å². The van der Waals surface area contributed by atoms with Crippen LogP contribution >= 0.6 is 0 Å². The molecule has 2 heterocycles. The van der Waals surface area contributed by atoms with E-state index in [0.29, 0.717) is 11.5 Å². The van der Waals surface area contributed by atoms with Gasteiger partial charge in [-0.1, -0.05) is 0 Å². The summed E-state index contributed by atoms with van der Waals surface area (Å²) in [7, 11) is 1.56. The summed E-state index contributed by atoms with van der Waals surface area (Å²) in [5.74, 6) is 0.739. The number of ether oxygens (including phenoxy) is 1. The third-order valence-electron chi connectivity index (χ3n) is 5.03. The van der Waals surface area contributed by atoms with Gasteiger partial charge in [0.05, 0.1) is 12.1 Å². The number of aromatic nitrogens is 2. The van der Waals surface area contributed by atoms with Gasteiger partial charge in [0.2, 0.25) is 5.91 Å². The molecule has 33 heavy (non-hydrogen) atoms. The molecule has 0 bridgehead atoms. The number of nitrogens with one attached hydrogen (secondary N) is 4. The highest BCUT2D eigenvalue weighted by molar-refractivity contribution is 5.94. The molecule has 3 aromatic rings. The van der Waals surface area contributed by atoms with E-state index in [1.165, 1.54) is 16.8 Å². The molecule has 0 radical (unpaired) electrons. The number of aliphatic hydroxyl groups excluding tert-OH is 1. The van der Waals surface area contributed by atoms with Gasteiger partial charge in [0.1, 0.15) is 23.4 Å². The molecule has 0 spiro atoms. The molecule has 1 aliphatic rings. The van der Waals surface area contributed by atoms with E-state index in [9.17, 15) is 19.5 Å². The summed E-state index contributed by atoms with van der Waals surface area (Å²) in [6, 6.07) is 8.39. The van der Waals surface area contributed by atoms with Crippen LogP contribution in [-0.4, -0.2) is 58.4 Å². The highest BCUT2D eigenvalue weighted by Crippen LogP contribution is 2.27. The summed E-state index contributed by atoms with van der Waals surface area (Å²) in [5.41, 5.74) is 0.736. The Kier molecular flexibility index (Phi) is 6.41. The summed E-state index contributed by atoms with van der Waals surface area (Å²) in [6.07, 6.45) is 4.94. The third-order valence-corrected chi connectivity index (χ3v) is 5.03. The number of benzene rings is 1. The Labute approximate surface area is 189 Å². The zero-order valence-electron chi connectivity index (χ0n) is 17.9. The quantitative estimate of drug-likeness (QED) is 0.369. The predicted molar refractivity (Wildman–Crippen MR) is 120 cm³/mol. The van der Waals surface area contributed by atoms with Crippen molar-refractivity contribution in [3.63, 3.8) is 0 Å². The molecule has 1 fully saturated rings. The van der Waals surface area contributed by atoms with Gasteiger partial charge >= 0.3 is 12.1 Å². The van der Waals surface area contributed by atoms with Gasteiger partial charge in [0, 0.05) is 36.9 Å². The van der Waals surface area contributed by atoms with E-state index in [1.54, 1.807) is 43.6 Å². The van der Waals surface area contributed by atoms with Crippen molar-refractivity contribution in [1.29, 1.82) is 0 Å². The van der Waals surface area contributed by atoms with Crippen LogP contribution in [0.4, 0.5) is 15.4 Å². The normalized spacial score (nSPS) is 13.8. The second-order valence-corrected chi connectivity index (χ2v) is 7.56. The first-order chi connectivity index (χ1) is 16.0. The standard InChI is InChI=1S/C22H24N6O5/c1-23-22(32)28-9-7-13-10-15(4-5-18(13)28)33-16-6-8-24-19(11-16)27-21(31)26-17(12-29)20(30)25-14-2-3-14/h4-11,14,17,29H,2-3,12H2,1H3,(H,23,32)(H,25,30)(H2,24,26,27,31). The largest absolute Gasteiger partial charge is 0.457 e. The number of amides is 4. The number of nitrogens with zero attached hydrogens (tertiary/aromatic N) is 2. The lowest BCUT2D eigenvalue weighted by Gasteiger charge is -2.16. The lowest BCUT2D eigenvalue weighted by atomic mass is 10.2. The van der Waals surface area contributed by atoms with Crippen molar-refractivity contribution < 1.29 is 24.2 Å². The minimum absolute atomic E-state index is 0.119. The van der Waals surface area contributed by atoms with Gasteiger partial charge in [-0.05, 0) is 43.2 Å². The number of carbonyl (C=O) groups excluding carboxylic acids is 3. The van der Waals surface area contributed by atoms with Crippen molar-refractivity contribution >= 4 is 34.7 Å². The maximum Gasteiger partial charge on any atom is 0.325 e. The molecule has 0 saturated heterocycles. The highest BCUT2D eigenvalue weighted by atomic mass is 16.5. The molecule has 1 aliphatic carbocycles. The van der Waals surface area contributed by atoms with Crippen LogP contribution in [0.2, 0.25) is 0 Å². The van der Waals surface area contributed by atoms with E-state index in [1.807, 2.05) is 0 Å². The highest BCUT2D eigenvalue weighted by Gasteiger charge is 2.28. The Bertz CT molecular complexity index is 1190. The number of urea groups is 1. The van der Waals surface area contributed by atoms with Crippen LogP contribution in [0.5, 0.6) is 11.5 Å². The van der Waals surface area contributed by atoms with E-state index < -0.39 is 24.6 Å². The van der Waals surface area contributed by atoms with E-state index in [-0.39, 0.29) is 17.9 Å². The van der Waals surface area contributed by atoms with Gasteiger partial charge in [-0.25, -0.2) is 14.6 Å². The molecule has 172 valence electrons. The van der Waals surface area contributed by atoms with Crippen LogP contribution in [0.3, 0.4) is 0 Å². The molecule has 1 saturated carbocycles. The lowest BCUT2D eigenvalue weighted by molar-refractivity contribution is -0.123. The maximum atomic E-state index is 12.3. The number of hydrogen-bond acceptors (Lipinski definition) is 6. The van der Waals surface area contributed by atoms with Crippen molar-refractivity contribution in [3.05, 3.63) is 48.8 Å². The van der Waals surface area contributed by atoms with Crippen molar-refractivity contribution in [1.82, 2.24) is 25.5 Å². The molecule has 11 nitrogen and oxygen atoms in total. The summed E-state index contributed by atoms with van der Waals surface area (Å²) in [5, 5.41) is 20.5. The van der Waals surface area contributed by atoms with Crippen LogP contribution < -0.4 is 26.0 Å². The number of pyridine rings is 1. The monoisotopic (exact) mass is 452 g/mol. The van der Waals surface area contributed by atoms with Crippen LogP contribution in [0.15, 0.2) is 48.8 Å². The number of anilines is 1. The summed E-state index contributed by atoms with van der Waals surface area (Å²) >= 11 is 0. The number of fused-ring (bicyclic) bond motifs is 1. The Morgan fingerprint density at radius 3 is 2.70 bits per heavy atom. The Hall–Kier alpha value is -4.12. The summed E-state index contributed by atoms with van der Waals surface area (Å²) in [6.45, 7) is -0.521. The van der Waals surface area contributed by atoms with Gasteiger partial charge < -0.3 is 25.8 Å². The molecule has 2 aromatic heterocycles. The molecule has 4 rings (SSSR count). The zero-order valence-corrected chi connectivity index (χ0v) is 17.9. The molecule has 1 atom stereocenters. The van der Waals surface area contributed by atoms with Gasteiger partial charge in [-0.3, -0.25) is 14.7 Å². The Morgan fingerprint density at radius 1 is 1.18 bits per heavy atom. The van der Waals surface area contributed by atoms with Crippen LogP contribution in [0.25, 0.3) is 10.9 Å². The fourth-order valence-electron chi connectivity index (χ4n) is 3.19. The molecular weight excluding hydrogens is 428 g/mol. The van der Waals surface area contributed by atoms with Gasteiger partial charge in [-0.2, -0.15) is 0 Å². The second kappa shape index (κ2) is 9.57. The molecular formula is C22H24N6O5. The van der Waals surface area contributed by atoms with Crippen LogP contribution in [0.1, 0.15) is 12.8 Å². The number of carbonyl (C=O) groups is 3. The van der Waals surface area contributed by atoms with Crippen molar-refractivity contribution in [3.8, 4) is 11.5 Å². The maximum absolute atomic E-state index is 12.3.